The molecule has 1 aromatic rings. The van der Waals surface area contributed by atoms with Gasteiger partial charge in [-0.3, -0.25) is 14.4 Å². The van der Waals surface area contributed by atoms with Crippen LogP contribution in [-0.2, 0) is 24.2 Å². The van der Waals surface area contributed by atoms with Gasteiger partial charge in [0.05, 0.1) is 22.9 Å². The normalized spacial score (nSPS) is 18.5. The van der Waals surface area contributed by atoms with Crippen molar-refractivity contribution in [1.29, 1.82) is 0 Å². The Labute approximate surface area is 150 Å². The van der Waals surface area contributed by atoms with Crippen LogP contribution in [0.1, 0.15) is 23.7 Å². The molecule has 25 heavy (non-hydrogen) atoms. The zero-order chi connectivity index (χ0) is 18.4. The van der Waals surface area contributed by atoms with E-state index in [1.54, 1.807) is 24.3 Å². The van der Waals surface area contributed by atoms with Crippen LogP contribution in [0.2, 0.25) is 0 Å². The van der Waals surface area contributed by atoms with Gasteiger partial charge in [-0.05, 0) is 25.5 Å². The van der Waals surface area contributed by atoms with E-state index in [-0.39, 0.29) is 28.3 Å². The predicted octanol–water partition coefficient (Wildman–Crippen LogP) is 1.29. The third-order valence-electron chi connectivity index (χ3n) is 3.57. The van der Waals surface area contributed by atoms with Crippen LogP contribution in [0.25, 0.3) is 0 Å². The molecule has 1 atom stereocenters. The highest BCUT2D eigenvalue weighted by atomic mass is 32.2. The summed E-state index contributed by atoms with van der Waals surface area (Å²) in [5, 5.41) is 2.43. The van der Waals surface area contributed by atoms with Gasteiger partial charge in [-0.1, -0.05) is 12.1 Å². The molecular formula is C16H19NO6S2. The Bertz CT molecular complexity index is 775. The fraction of sp³-hybridized carbons (Fsp3) is 0.438. The summed E-state index contributed by atoms with van der Waals surface area (Å²) >= 11 is 1.23. The van der Waals surface area contributed by atoms with E-state index in [2.05, 4.69) is 5.32 Å². The molecular weight excluding hydrogens is 366 g/mol. The van der Waals surface area contributed by atoms with E-state index in [1.807, 2.05) is 0 Å². The molecule has 1 amide bonds. The molecule has 0 unspecified atom stereocenters. The van der Waals surface area contributed by atoms with Crippen molar-refractivity contribution in [2.24, 2.45) is 0 Å². The number of ketones is 1. The summed E-state index contributed by atoms with van der Waals surface area (Å²) in [6.45, 7) is 0.931. The lowest BCUT2D eigenvalue weighted by Gasteiger charge is -2.10. The number of carbonyl (C=O) groups is 3. The number of ether oxygens (including phenoxy) is 1. The highest BCUT2D eigenvalue weighted by Crippen LogP contribution is 2.24. The first kappa shape index (κ1) is 19.5. The molecule has 1 aliphatic rings. The number of nitrogens with one attached hydrogen (secondary N) is 1. The Kier molecular flexibility index (Phi) is 6.60. The van der Waals surface area contributed by atoms with Crippen molar-refractivity contribution in [3.05, 3.63) is 29.8 Å². The van der Waals surface area contributed by atoms with Crippen molar-refractivity contribution in [2.75, 3.05) is 29.2 Å². The van der Waals surface area contributed by atoms with E-state index in [1.165, 1.54) is 18.7 Å². The van der Waals surface area contributed by atoms with Crippen LogP contribution >= 0.6 is 11.8 Å². The van der Waals surface area contributed by atoms with Gasteiger partial charge in [-0.15, -0.1) is 11.8 Å². The molecule has 9 heteroatoms. The number of rotatable bonds is 7. The first-order valence-corrected chi connectivity index (χ1v) is 10.5. The largest absolute Gasteiger partial charge is 0.455 e. The quantitative estimate of drug-likeness (QED) is 0.557. The molecule has 0 radical (unpaired) electrons. The summed E-state index contributed by atoms with van der Waals surface area (Å²) in [6, 6.07) is 6.55. The van der Waals surface area contributed by atoms with Gasteiger partial charge in [0.25, 0.3) is 5.91 Å². The molecule has 1 heterocycles. The maximum atomic E-state index is 11.9. The van der Waals surface area contributed by atoms with Crippen LogP contribution < -0.4 is 5.32 Å². The summed E-state index contributed by atoms with van der Waals surface area (Å²) < 4.78 is 27.6. The van der Waals surface area contributed by atoms with Gasteiger partial charge in [0.1, 0.15) is 0 Å². The van der Waals surface area contributed by atoms with Crippen LogP contribution in [0.5, 0.6) is 0 Å². The number of anilines is 1. The molecule has 2 rings (SSSR count). The number of esters is 1. The molecule has 1 fully saturated rings. The molecule has 1 saturated heterocycles. The van der Waals surface area contributed by atoms with E-state index in [9.17, 15) is 22.8 Å². The van der Waals surface area contributed by atoms with Crippen molar-refractivity contribution in [3.63, 3.8) is 0 Å². The Morgan fingerprint density at radius 3 is 2.64 bits per heavy atom. The van der Waals surface area contributed by atoms with E-state index in [0.717, 1.165) is 0 Å². The third-order valence-corrected chi connectivity index (χ3v) is 6.83. The average Bonchev–Trinajstić information content (AvgIpc) is 2.90. The van der Waals surface area contributed by atoms with Crippen LogP contribution in [0.15, 0.2) is 24.3 Å². The standard InChI is InChI=1S/C16H19NO6S2/c1-11(18)13-4-2-3-5-14(13)17-15(19)8-23-16(20)9-24-12-6-7-25(21,22)10-12/h2-5,12H,6-10H2,1H3,(H,17,19)/t12-/m1/s1. The zero-order valence-electron chi connectivity index (χ0n) is 13.7. The fourth-order valence-electron chi connectivity index (χ4n) is 2.35. The number of sulfone groups is 1. The minimum atomic E-state index is -2.98. The van der Waals surface area contributed by atoms with Crippen molar-refractivity contribution in [3.8, 4) is 0 Å². The molecule has 7 nitrogen and oxygen atoms in total. The molecule has 0 bridgehead atoms. The SMILES string of the molecule is CC(=O)c1ccccc1NC(=O)COC(=O)CS[C@@H]1CCS(=O)(=O)C1. The summed E-state index contributed by atoms with van der Waals surface area (Å²) in [5.41, 5.74) is 0.738. The summed E-state index contributed by atoms with van der Waals surface area (Å²) in [5.74, 6) is -1.08. The molecule has 1 N–H and O–H groups in total. The average molecular weight is 385 g/mol. The van der Waals surface area contributed by atoms with Crippen LogP contribution in [0.3, 0.4) is 0 Å². The topological polar surface area (TPSA) is 107 Å². The molecule has 136 valence electrons. The fourth-order valence-corrected chi connectivity index (χ4v) is 5.79. The number of hydrogen-bond acceptors (Lipinski definition) is 7. The third kappa shape index (κ3) is 6.17. The maximum absolute atomic E-state index is 11.9. The maximum Gasteiger partial charge on any atom is 0.316 e. The van der Waals surface area contributed by atoms with Gasteiger partial charge < -0.3 is 10.1 Å². The predicted molar refractivity (Wildman–Crippen MR) is 95.6 cm³/mol. The monoisotopic (exact) mass is 385 g/mol. The van der Waals surface area contributed by atoms with E-state index in [4.69, 9.17) is 4.74 Å². The minimum Gasteiger partial charge on any atom is -0.455 e. The number of benzene rings is 1. The summed E-state index contributed by atoms with van der Waals surface area (Å²) in [6.07, 6.45) is 0.530. The van der Waals surface area contributed by atoms with Gasteiger partial charge in [0, 0.05) is 10.8 Å². The number of Topliss-reactive ketones (excluding diaryl/α,β-unsaturated/α-hetero) is 1. The lowest BCUT2D eigenvalue weighted by molar-refractivity contribution is -0.144. The number of hydrogen-bond donors (Lipinski definition) is 1. The second kappa shape index (κ2) is 8.48. The van der Waals surface area contributed by atoms with E-state index < -0.39 is 28.3 Å². The lowest BCUT2D eigenvalue weighted by atomic mass is 10.1. The molecule has 0 saturated carbocycles. The molecule has 1 aromatic carbocycles. The van der Waals surface area contributed by atoms with E-state index >= 15 is 0 Å². The Morgan fingerprint density at radius 2 is 2.00 bits per heavy atom. The van der Waals surface area contributed by atoms with Crippen LogP contribution in [0, 0.1) is 0 Å². The molecule has 1 aliphatic heterocycles. The van der Waals surface area contributed by atoms with Crippen molar-refractivity contribution in [2.45, 2.75) is 18.6 Å². The minimum absolute atomic E-state index is 0.00248. The van der Waals surface area contributed by atoms with Crippen LogP contribution in [0.4, 0.5) is 5.69 Å². The van der Waals surface area contributed by atoms with Crippen molar-refractivity contribution >= 4 is 44.9 Å². The zero-order valence-corrected chi connectivity index (χ0v) is 15.3. The van der Waals surface area contributed by atoms with Crippen molar-refractivity contribution < 1.29 is 27.5 Å². The smallest absolute Gasteiger partial charge is 0.316 e. The Morgan fingerprint density at radius 1 is 1.28 bits per heavy atom. The Balaban J connectivity index is 1.75. The van der Waals surface area contributed by atoms with Gasteiger partial charge in [0.15, 0.2) is 22.2 Å². The lowest BCUT2D eigenvalue weighted by Crippen LogP contribution is -2.23. The van der Waals surface area contributed by atoms with Gasteiger partial charge >= 0.3 is 5.97 Å². The second-order valence-corrected chi connectivity index (χ2v) is 9.16. The van der Waals surface area contributed by atoms with Crippen molar-refractivity contribution in [1.82, 2.24) is 0 Å². The highest BCUT2D eigenvalue weighted by molar-refractivity contribution is 8.02. The Hall–Kier alpha value is -1.87. The summed E-state index contributed by atoms with van der Waals surface area (Å²) in [4.78, 5) is 35.0. The number of para-hydroxylation sites is 1. The second-order valence-electron chi connectivity index (χ2n) is 5.65. The first-order valence-electron chi connectivity index (χ1n) is 7.64. The highest BCUT2D eigenvalue weighted by Gasteiger charge is 2.28. The molecule has 0 spiro atoms. The van der Waals surface area contributed by atoms with Crippen LogP contribution in [-0.4, -0.2) is 55.2 Å². The number of thioether (sulfide) groups is 1. The first-order chi connectivity index (χ1) is 11.8. The van der Waals surface area contributed by atoms with Gasteiger partial charge in [-0.2, -0.15) is 0 Å². The van der Waals surface area contributed by atoms with Gasteiger partial charge in [0.2, 0.25) is 0 Å². The van der Waals surface area contributed by atoms with E-state index in [0.29, 0.717) is 17.7 Å². The molecule has 0 aliphatic carbocycles. The van der Waals surface area contributed by atoms with Gasteiger partial charge in [-0.25, -0.2) is 8.42 Å². The summed E-state index contributed by atoms with van der Waals surface area (Å²) in [7, 11) is -2.98. The molecule has 0 aromatic heterocycles. The number of carbonyl (C=O) groups excluding carboxylic acids is 3. The number of amides is 1.